The lowest BCUT2D eigenvalue weighted by Crippen LogP contribution is -2.12. The highest BCUT2D eigenvalue weighted by atomic mass is 16.6. The molecule has 1 N–H and O–H groups in total. The van der Waals surface area contributed by atoms with Gasteiger partial charge >= 0.3 is 0 Å². The number of aryl methyl sites for hydroxylation is 3. The van der Waals surface area contributed by atoms with Gasteiger partial charge in [0.05, 0.1) is 4.92 Å². The van der Waals surface area contributed by atoms with Gasteiger partial charge in [0.15, 0.2) is 5.76 Å². The summed E-state index contributed by atoms with van der Waals surface area (Å²) >= 11 is 0. The lowest BCUT2D eigenvalue weighted by atomic mass is 10.1. The third-order valence-electron chi connectivity index (χ3n) is 4.32. The number of non-ortho nitro benzene ring substituents is 1. The molecule has 0 saturated heterocycles. The van der Waals surface area contributed by atoms with Crippen molar-refractivity contribution in [2.45, 2.75) is 27.4 Å². The summed E-state index contributed by atoms with van der Waals surface area (Å²) in [6.07, 6.45) is 0. The number of carbonyl (C=O) groups excluding carboxylic acids is 1. The van der Waals surface area contributed by atoms with Crippen LogP contribution in [-0.4, -0.2) is 10.8 Å². The monoisotopic (exact) mass is 380 g/mol. The van der Waals surface area contributed by atoms with E-state index in [1.54, 1.807) is 19.1 Å². The summed E-state index contributed by atoms with van der Waals surface area (Å²) in [4.78, 5) is 22.7. The molecule has 0 radical (unpaired) electrons. The van der Waals surface area contributed by atoms with Crippen molar-refractivity contribution >= 4 is 17.3 Å². The second-order valence-electron chi connectivity index (χ2n) is 6.49. The first-order chi connectivity index (χ1) is 13.3. The van der Waals surface area contributed by atoms with E-state index in [-0.39, 0.29) is 18.1 Å². The van der Waals surface area contributed by atoms with Crippen LogP contribution in [-0.2, 0) is 6.61 Å². The number of nitrogens with one attached hydrogen (secondary N) is 1. The van der Waals surface area contributed by atoms with E-state index < -0.39 is 10.8 Å². The van der Waals surface area contributed by atoms with Gasteiger partial charge in [-0.3, -0.25) is 14.9 Å². The Morgan fingerprint density at radius 1 is 1.07 bits per heavy atom. The van der Waals surface area contributed by atoms with Crippen molar-refractivity contribution in [3.05, 3.63) is 86.9 Å². The summed E-state index contributed by atoms with van der Waals surface area (Å²) in [5, 5.41) is 13.5. The van der Waals surface area contributed by atoms with Gasteiger partial charge in [0.2, 0.25) is 0 Å². The molecule has 7 nitrogen and oxygen atoms in total. The number of anilines is 1. The largest absolute Gasteiger partial charge is 0.485 e. The SMILES string of the molecule is Cc1cc([N+](=O)[O-])ccc1NC(=O)c1ccc(COc2c(C)cccc2C)o1. The maximum Gasteiger partial charge on any atom is 0.291 e. The Hall–Kier alpha value is -3.61. The van der Waals surface area contributed by atoms with Crippen molar-refractivity contribution in [3.63, 3.8) is 0 Å². The van der Waals surface area contributed by atoms with E-state index >= 15 is 0 Å². The van der Waals surface area contributed by atoms with Crippen LogP contribution < -0.4 is 10.1 Å². The normalized spacial score (nSPS) is 10.5. The van der Waals surface area contributed by atoms with Crippen LogP contribution in [0.1, 0.15) is 33.0 Å². The molecule has 144 valence electrons. The quantitative estimate of drug-likeness (QED) is 0.482. The zero-order valence-corrected chi connectivity index (χ0v) is 15.8. The topological polar surface area (TPSA) is 94.6 Å². The number of amides is 1. The van der Waals surface area contributed by atoms with E-state index in [2.05, 4.69) is 5.32 Å². The summed E-state index contributed by atoms with van der Waals surface area (Å²) in [6, 6.07) is 13.4. The first-order valence-corrected chi connectivity index (χ1v) is 8.69. The van der Waals surface area contributed by atoms with Gasteiger partial charge in [-0.25, -0.2) is 0 Å². The molecule has 28 heavy (non-hydrogen) atoms. The molecule has 0 aliphatic carbocycles. The molecule has 3 rings (SSSR count). The number of hydrogen-bond donors (Lipinski definition) is 1. The molecule has 7 heteroatoms. The minimum atomic E-state index is -0.479. The van der Waals surface area contributed by atoms with E-state index in [1.807, 2.05) is 32.0 Å². The zero-order chi connectivity index (χ0) is 20.3. The second-order valence-corrected chi connectivity index (χ2v) is 6.49. The fourth-order valence-electron chi connectivity index (χ4n) is 2.83. The Bertz CT molecular complexity index is 1020. The van der Waals surface area contributed by atoms with Crippen LogP contribution in [0.3, 0.4) is 0 Å². The number of rotatable bonds is 6. The standard InChI is InChI=1S/C21H20N2O5/c1-13-5-4-6-14(2)20(13)27-12-17-8-10-19(28-17)21(24)22-18-9-7-16(23(25)26)11-15(18)3/h4-11H,12H2,1-3H3,(H,22,24). The summed E-state index contributed by atoms with van der Waals surface area (Å²) in [7, 11) is 0. The summed E-state index contributed by atoms with van der Waals surface area (Å²) in [5.41, 5.74) is 3.10. The molecule has 0 bridgehead atoms. The third-order valence-corrected chi connectivity index (χ3v) is 4.32. The highest BCUT2D eigenvalue weighted by Gasteiger charge is 2.15. The first kappa shape index (κ1) is 19.2. The van der Waals surface area contributed by atoms with Crippen LogP contribution in [0.25, 0.3) is 0 Å². The molecule has 2 aromatic carbocycles. The van der Waals surface area contributed by atoms with Gasteiger partial charge in [-0.05, 0) is 55.7 Å². The van der Waals surface area contributed by atoms with E-state index in [0.29, 0.717) is 17.0 Å². The molecule has 1 amide bonds. The number of hydrogen-bond acceptors (Lipinski definition) is 5. The Labute approximate surface area is 162 Å². The van der Waals surface area contributed by atoms with Crippen LogP contribution in [0.5, 0.6) is 5.75 Å². The summed E-state index contributed by atoms with van der Waals surface area (Å²) < 4.78 is 11.4. The minimum absolute atomic E-state index is 0.0283. The molecule has 0 spiro atoms. The lowest BCUT2D eigenvalue weighted by Gasteiger charge is -2.10. The molecule has 0 unspecified atom stereocenters. The van der Waals surface area contributed by atoms with Gasteiger partial charge in [-0.15, -0.1) is 0 Å². The molecular formula is C21H20N2O5. The molecule has 1 aromatic heterocycles. The minimum Gasteiger partial charge on any atom is -0.485 e. The molecule has 3 aromatic rings. The number of furan rings is 1. The van der Waals surface area contributed by atoms with Crippen molar-refractivity contribution in [2.24, 2.45) is 0 Å². The Kier molecular flexibility index (Phi) is 5.44. The average Bonchev–Trinajstić information content (AvgIpc) is 3.12. The Morgan fingerprint density at radius 2 is 1.79 bits per heavy atom. The first-order valence-electron chi connectivity index (χ1n) is 8.69. The molecule has 0 aliphatic heterocycles. The van der Waals surface area contributed by atoms with E-state index in [1.165, 1.54) is 18.2 Å². The number of ether oxygens (including phenoxy) is 1. The number of nitrogens with zero attached hydrogens (tertiary/aromatic N) is 1. The van der Waals surface area contributed by atoms with Crippen LogP contribution in [0.2, 0.25) is 0 Å². The molecule has 0 atom stereocenters. The van der Waals surface area contributed by atoms with E-state index in [0.717, 1.165) is 16.9 Å². The van der Waals surface area contributed by atoms with Crippen LogP contribution in [0, 0.1) is 30.9 Å². The predicted octanol–water partition coefficient (Wildman–Crippen LogP) is 4.94. The van der Waals surface area contributed by atoms with Gasteiger partial charge < -0.3 is 14.5 Å². The average molecular weight is 380 g/mol. The third kappa shape index (κ3) is 4.20. The lowest BCUT2D eigenvalue weighted by molar-refractivity contribution is -0.384. The summed E-state index contributed by atoms with van der Waals surface area (Å²) in [5.74, 6) is 1.02. The van der Waals surface area contributed by atoms with E-state index in [4.69, 9.17) is 9.15 Å². The van der Waals surface area contributed by atoms with Crippen molar-refractivity contribution < 1.29 is 18.9 Å². The number of carbonyl (C=O) groups is 1. The van der Waals surface area contributed by atoms with Crippen molar-refractivity contribution in [1.29, 1.82) is 0 Å². The highest BCUT2D eigenvalue weighted by Crippen LogP contribution is 2.25. The molecular weight excluding hydrogens is 360 g/mol. The van der Waals surface area contributed by atoms with Crippen LogP contribution in [0.4, 0.5) is 11.4 Å². The molecule has 0 fully saturated rings. The number of nitro benzene ring substituents is 1. The smallest absolute Gasteiger partial charge is 0.291 e. The fraction of sp³-hybridized carbons (Fsp3) is 0.190. The summed E-state index contributed by atoms with van der Waals surface area (Å²) in [6.45, 7) is 5.83. The number of benzene rings is 2. The van der Waals surface area contributed by atoms with E-state index in [9.17, 15) is 14.9 Å². The molecule has 0 saturated carbocycles. The second kappa shape index (κ2) is 7.96. The maximum absolute atomic E-state index is 12.4. The Morgan fingerprint density at radius 3 is 2.43 bits per heavy atom. The van der Waals surface area contributed by atoms with Crippen molar-refractivity contribution in [2.75, 3.05) is 5.32 Å². The Balaban J connectivity index is 1.66. The van der Waals surface area contributed by atoms with Crippen molar-refractivity contribution in [1.82, 2.24) is 0 Å². The van der Waals surface area contributed by atoms with Gasteiger partial charge in [0.1, 0.15) is 18.1 Å². The van der Waals surface area contributed by atoms with Crippen molar-refractivity contribution in [3.8, 4) is 5.75 Å². The fourth-order valence-corrected chi connectivity index (χ4v) is 2.83. The van der Waals surface area contributed by atoms with Crippen LogP contribution in [0.15, 0.2) is 52.9 Å². The van der Waals surface area contributed by atoms with Gasteiger partial charge in [-0.1, -0.05) is 18.2 Å². The van der Waals surface area contributed by atoms with Gasteiger partial charge in [-0.2, -0.15) is 0 Å². The molecule has 0 aliphatic rings. The number of nitro groups is 1. The maximum atomic E-state index is 12.4. The predicted molar refractivity (Wildman–Crippen MR) is 105 cm³/mol. The number of para-hydroxylation sites is 1. The van der Waals surface area contributed by atoms with Gasteiger partial charge in [0, 0.05) is 17.8 Å². The molecule has 1 heterocycles. The van der Waals surface area contributed by atoms with Crippen LogP contribution >= 0.6 is 0 Å². The highest BCUT2D eigenvalue weighted by molar-refractivity contribution is 6.02. The zero-order valence-electron chi connectivity index (χ0n) is 15.8. The van der Waals surface area contributed by atoms with Gasteiger partial charge in [0.25, 0.3) is 11.6 Å².